The molecule has 1 N–H and O–H groups in total. The predicted molar refractivity (Wildman–Crippen MR) is 82.2 cm³/mol. The highest BCUT2D eigenvalue weighted by Gasteiger charge is 2.19. The van der Waals surface area contributed by atoms with E-state index in [0.717, 1.165) is 22.5 Å². The molecule has 0 spiro atoms. The molecule has 0 aliphatic rings. The van der Waals surface area contributed by atoms with Crippen LogP contribution in [0.3, 0.4) is 0 Å². The van der Waals surface area contributed by atoms with E-state index in [0.29, 0.717) is 11.0 Å². The Morgan fingerprint density at radius 3 is 2.67 bits per heavy atom. The lowest BCUT2D eigenvalue weighted by Crippen LogP contribution is -2.06. The first kappa shape index (κ1) is 15.7. The van der Waals surface area contributed by atoms with Gasteiger partial charge in [-0.2, -0.15) is 5.10 Å². The Kier molecular flexibility index (Phi) is 4.43. The van der Waals surface area contributed by atoms with Gasteiger partial charge in [-0.3, -0.25) is 14.8 Å². The smallest absolute Gasteiger partial charge is 0.283 e. The van der Waals surface area contributed by atoms with E-state index in [-0.39, 0.29) is 5.69 Å². The molecule has 0 saturated heterocycles. The van der Waals surface area contributed by atoms with Crippen molar-refractivity contribution in [2.45, 2.75) is 33.4 Å². The van der Waals surface area contributed by atoms with Gasteiger partial charge >= 0.3 is 0 Å². The molecule has 0 aliphatic carbocycles. The number of aliphatic hydroxyl groups excluding tert-OH is 1. The van der Waals surface area contributed by atoms with E-state index in [1.807, 2.05) is 19.9 Å². The molecule has 0 aliphatic heterocycles. The van der Waals surface area contributed by atoms with Gasteiger partial charge in [0.25, 0.3) is 5.69 Å². The summed E-state index contributed by atoms with van der Waals surface area (Å²) in [6.07, 6.45) is -0.590. The molecule has 1 heterocycles. The van der Waals surface area contributed by atoms with Crippen LogP contribution < -0.4 is 0 Å². The van der Waals surface area contributed by atoms with Crippen molar-refractivity contribution in [3.05, 3.63) is 55.3 Å². The molecule has 21 heavy (non-hydrogen) atoms. The lowest BCUT2D eigenvalue weighted by molar-refractivity contribution is -0.385. The second kappa shape index (κ2) is 5.95. The molecule has 0 saturated carbocycles. The Hall–Kier alpha value is -1.73. The summed E-state index contributed by atoms with van der Waals surface area (Å²) in [5, 5.41) is 25.2. The average molecular weight is 354 g/mol. The molecular formula is C14H16BrN3O3. The van der Waals surface area contributed by atoms with Gasteiger partial charge in [0.05, 0.1) is 23.3 Å². The van der Waals surface area contributed by atoms with Gasteiger partial charge in [-0.25, -0.2) is 0 Å². The fraction of sp³-hybridized carbons (Fsp3) is 0.357. The van der Waals surface area contributed by atoms with Crippen molar-refractivity contribution in [3.8, 4) is 0 Å². The zero-order valence-corrected chi connectivity index (χ0v) is 13.6. The monoisotopic (exact) mass is 353 g/mol. The molecule has 1 unspecified atom stereocenters. The van der Waals surface area contributed by atoms with Gasteiger partial charge in [0.15, 0.2) is 0 Å². The fourth-order valence-electron chi connectivity index (χ4n) is 2.46. The average Bonchev–Trinajstić information content (AvgIpc) is 2.66. The Morgan fingerprint density at radius 1 is 1.48 bits per heavy atom. The number of benzene rings is 1. The van der Waals surface area contributed by atoms with Crippen LogP contribution >= 0.6 is 15.9 Å². The van der Waals surface area contributed by atoms with Crippen LogP contribution in [-0.4, -0.2) is 19.8 Å². The van der Waals surface area contributed by atoms with Gasteiger partial charge in [-0.05, 0) is 42.3 Å². The SMILES string of the molecule is Cc1nn(Cc2cccc([N+](=O)[O-])c2Br)c(C)c1C(C)O. The van der Waals surface area contributed by atoms with Crippen molar-refractivity contribution in [2.24, 2.45) is 0 Å². The van der Waals surface area contributed by atoms with Crippen molar-refractivity contribution in [1.82, 2.24) is 9.78 Å². The number of nitro benzene ring substituents is 1. The minimum absolute atomic E-state index is 0.0322. The molecule has 6 nitrogen and oxygen atoms in total. The van der Waals surface area contributed by atoms with Gasteiger partial charge in [0.1, 0.15) is 4.47 Å². The first-order valence-electron chi connectivity index (χ1n) is 6.46. The van der Waals surface area contributed by atoms with Gasteiger partial charge in [0, 0.05) is 17.3 Å². The number of aliphatic hydroxyl groups is 1. The highest BCUT2D eigenvalue weighted by atomic mass is 79.9. The van der Waals surface area contributed by atoms with Crippen LogP contribution in [0.15, 0.2) is 22.7 Å². The Labute approximate surface area is 130 Å². The van der Waals surface area contributed by atoms with E-state index < -0.39 is 11.0 Å². The zero-order valence-electron chi connectivity index (χ0n) is 12.0. The number of nitrogens with zero attached hydrogens (tertiary/aromatic N) is 3. The van der Waals surface area contributed by atoms with Crippen molar-refractivity contribution >= 4 is 21.6 Å². The molecule has 0 fully saturated rings. The summed E-state index contributed by atoms with van der Waals surface area (Å²) in [4.78, 5) is 10.5. The van der Waals surface area contributed by atoms with Crippen LogP contribution in [0.2, 0.25) is 0 Å². The molecule has 112 valence electrons. The number of aryl methyl sites for hydroxylation is 1. The highest BCUT2D eigenvalue weighted by Crippen LogP contribution is 2.29. The number of nitro groups is 1. The Morgan fingerprint density at radius 2 is 2.14 bits per heavy atom. The summed E-state index contributed by atoms with van der Waals surface area (Å²) in [5.74, 6) is 0. The number of rotatable bonds is 4. The number of hydrogen-bond donors (Lipinski definition) is 1. The quantitative estimate of drug-likeness (QED) is 0.675. The third-order valence-corrected chi connectivity index (χ3v) is 4.35. The fourth-order valence-corrected chi connectivity index (χ4v) is 2.99. The van der Waals surface area contributed by atoms with Gasteiger partial charge < -0.3 is 5.11 Å². The maximum absolute atomic E-state index is 11.0. The van der Waals surface area contributed by atoms with Crippen LogP contribution in [0.4, 0.5) is 5.69 Å². The first-order valence-corrected chi connectivity index (χ1v) is 7.26. The second-order valence-corrected chi connectivity index (χ2v) is 5.72. The van der Waals surface area contributed by atoms with Crippen molar-refractivity contribution < 1.29 is 10.0 Å². The molecule has 7 heteroatoms. The third-order valence-electron chi connectivity index (χ3n) is 3.43. The lowest BCUT2D eigenvalue weighted by Gasteiger charge is -2.09. The molecule has 1 atom stereocenters. The van der Waals surface area contributed by atoms with E-state index in [9.17, 15) is 15.2 Å². The van der Waals surface area contributed by atoms with E-state index >= 15 is 0 Å². The van der Waals surface area contributed by atoms with Crippen LogP contribution in [0, 0.1) is 24.0 Å². The Bertz CT molecular complexity index is 695. The largest absolute Gasteiger partial charge is 0.389 e. The van der Waals surface area contributed by atoms with Crippen molar-refractivity contribution in [2.75, 3.05) is 0 Å². The summed E-state index contributed by atoms with van der Waals surface area (Å²) in [6.45, 7) is 5.83. The molecule has 0 radical (unpaired) electrons. The number of aromatic nitrogens is 2. The van der Waals surface area contributed by atoms with E-state index in [4.69, 9.17) is 0 Å². The normalized spacial score (nSPS) is 12.4. The van der Waals surface area contributed by atoms with Gasteiger partial charge in [0.2, 0.25) is 0 Å². The third kappa shape index (κ3) is 2.98. The molecule has 2 aromatic rings. The van der Waals surface area contributed by atoms with Crippen LogP contribution in [0.5, 0.6) is 0 Å². The maximum Gasteiger partial charge on any atom is 0.283 e. The second-order valence-electron chi connectivity index (χ2n) is 4.93. The summed E-state index contributed by atoms with van der Waals surface area (Å²) in [6, 6.07) is 4.92. The summed E-state index contributed by atoms with van der Waals surface area (Å²) >= 11 is 3.29. The zero-order chi connectivity index (χ0) is 15.7. The predicted octanol–water partition coefficient (Wildman–Crippen LogP) is 3.27. The minimum Gasteiger partial charge on any atom is -0.389 e. The van der Waals surface area contributed by atoms with E-state index in [2.05, 4.69) is 21.0 Å². The summed E-state index contributed by atoms with van der Waals surface area (Å²) in [5.41, 5.74) is 3.23. The van der Waals surface area contributed by atoms with Gasteiger partial charge in [-0.15, -0.1) is 0 Å². The molecule has 0 bridgehead atoms. The van der Waals surface area contributed by atoms with Gasteiger partial charge in [-0.1, -0.05) is 12.1 Å². The molecule has 0 amide bonds. The molecule has 1 aromatic heterocycles. The Balaban J connectivity index is 2.42. The lowest BCUT2D eigenvalue weighted by atomic mass is 10.1. The summed E-state index contributed by atoms with van der Waals surface area (Å²) in [7, 11) is 0. The minimum atomic E-state index is -0.590. The maximum atomic E-state index is 11.0. The highest BCUT2D eigenvalue weighted by molar-refractivity contribution is 9.10. The molecule has 2 rings (SSSR count). The summed E-state index contributed by atoms with van der Waals surface area (Å²) < 4.78 is 2.21. The molecule has 1 aromatic carbocycles. The van der Waals surface area contributed by atoms with Crippen LogP contribution in [0.25, 0.3) is 0 Å². The van der Waals surface area contributed by atoms with Crippen LogP contribution in [0.1, 0.15) is 35.5 Å². The van der Waals surface area contributed by atoms with Crippen molar-refractivity contribution in [1.29, 1.82) is 0 Å². The van der Waals surface area contributed by atoms with Crippen LogP contribution in [-0.2, 0) is 6.54 Å². The standard InChI is InChI=1S/C14H16BrN3O3/c1-8-13(10(3)19)9(2)17(16-8)7-11-5-4-6-12(14(11)15)18(20)21/h4-6,10,19H,7H2,1-3H3. The molecular weight excluding hydrogens is 338 g/mol. The van der Waals surface area contributed by atoms with E-state index in [1.165, 1.54) is 6.07 Å². The topological polar surface area (TPSA) is 81.2 Å². The van der Waals surface area contributed by atoms with E-state index in [1.54, 1.807) is 17.7 Å². The number of hydrogen-bond acceptors (Lipinski definition) is 4. The number of halogens is 1. The van der Waals surface area contributed by atoms with Crippen molar-refractivity contribution in [3.63, 3.8) is 0 Å². The first-order chi connectivity index (χ1) is 9.82.